The molecule has 0 aromatic heterocycles. The predicted octanol–water partition coefficient (Wildman–Crippen LogP) is 2.98. The Balaban J connectivity index is 2.54. The van der Waals surface area contributed by atoms with Gasteiger partial charge in [-0.25, -0.2) is 8.42 Å². The molecule has 1 rings (SSSR count). The monoisotopic (exact) mass is 236 g/mol. The van der Waals surface area contributed by atoms with Crippen LogP contribution in [0.1, 0.15) is 12.8 Å². The molecule has 0 spiro atoms. The zero-order chi connectivity index (χ0) is 11.9. The molecule has 0 amide bonds. The van der Waals surface area contributed by atoms with Crippen molar-refractivity contribution in [3.05, 3.63) is 55.1 Å². The van der Waals surface area contributed by atoms with Gasteiger partial charge in [0.25, 0.3) is 0 Å². The molecule has 0 saturated carbocycles. The summed E-state index contributed by atoms with van der Waals surface area (Å²) in [6.45, 7) is 3.55. The van der Waals surface area contributed by atoms with Crippen molar-refractivity contribution in [3.8, 4) is 0 Å². The lowest BCUT2D eigenvalue weighted by Gasteiger charge is -2.02. The number of benzene rings is 1. The summed E-state index contributed by atoms with van der Waals surface area (Å²) in [6.07, 6.45) is 6.84. The average molecular weight is 236 g/mol. The van der Waals surface area contributed by atoms with Crippen molar-refractivity contribution in [1.29, 1.82) is 0 Å². The van der Waals surface area contributed by atoms with Crippen LogP contribution in [-0.4, -0.2) is 14.2 Å². The first-order valence-corrected chi connectivity index (χ1v) is 6.87. The summed E-state index contributed by atoms with van der Waals surface area (Å²) >= 11 is 0. The van der Waals surface area contributed by atoms with Gasteiger partial charge in [-0.2, -0.15) is 0 Å². The van der Waals surface area contributed by atoms with E-state index >= 15 is 0 Å². The molecular weight excluding hydrogens is 220 g/mol. The number of sulfone groups is 1. The Morgan fingerprint density at radius 2 is 1.88 bits per heavy atom. The molecule has 0 aliphatic heterocycles. The van der Waals surface area contributed by atoms with E-state index in [1.807, 2.05) is 18.2 Å². The van der Waals surface area contributed by atoms with E-state index < -0.39 is 9.84 Å². The maximum atomic E-state index is 11.8. The van der Waals surface area contributed by atoms with Crippen molar-refractivity contribution in [1.82, 2.24) is 0 Å². The third-order valence-corrected chi connectivity index (χ3v) is 3.97. The average Bonchev–Trinajstić information content (AvgIpc) is 2.30. The summed E-state index contributed by atoms with van der Waals surface area (Å²) in [5, 5.41) is 0. The van der Waals surface area contributed by atoms with Gasteiger partial charge in [-0.3, -0.25) is 0 Å². The Labute approximate surface area is 97.2 Å². The molecule has 0 bridgehead atoms. The number of allylic oxidation sites excluding steroid dienone is 3. The Morgan fingerprint density at radius 3 is 2.50 bits per heavy atom. The number of rotatable bonds is 6. The lowest BCUT2D eigenvalue weighted by molar-refractivity contribution is 0.593. The van der Waals surface area contributed by atoms with Gasteiger partial charge < -0.3 is 0 Å². The fourth-order valence-electron chi connectivity index (χ4n) is 1.33. The van der Waals surface area contributed by atoms with Crippen LogP contribution in [0.4, 0.5) is 0 Å². The minimum Gasteiger partial charge on any atom is -0.224 e. The lowest BCUT2D eigenvalue weighted by Crippen LogP contribution is -2.06. The standard InChI is InChI=1S/C13H16O2S/c1-2-3-4-5-9-12-16(14,15)13-10-7-6-8-11-13/h2-4,6-8,10-11H,1,5,9,12H2/b4-3+. The SMILES string of the molecule is C=C/C=C/CCCS(=O)(=O)c1ccccc1. The van der Waals surface area contributed by atoms with E-state index in [4.69, 9.17) is 0 Å². The highest BCUT2D eigenvalue weighted by atomic mass is 32.2. The van der Waals surface area contributed by atoms with Gasteiger partial charge in [0.15, 0.2) is 9.84 Å². The Morgan fingerprint density at radius 1 is 1.19 bits per heavy atom. The topological polar surface area (TPSA) is 34.1 Å². The minimum absolute atomic E-state index is 0.193. The quantitative estimate of drug-likeness (QED) is 0.562. The highest BCUT2D eigenvalue weighted by Crippen LogP contribution is 2.11. The number of hydrogen-bond acceptors (Lipinski definition) is 2. The van der Waals surface area contributed by atoms with Gasteiger partial charge in [0, 0.05) is 0 Å². The molecule has 0 saturated heterocycles. The van der Waals surface area contributed by atoms with Crippen LogP contribution in [0.25, 0.3) is 0 Å². The van der Waals surface area contributed by atoms with E-state index in [0.29, 0.717) is 11.3 Å². The van der Waals surface area contributed by atoms with Crippen molar-refractivity contribution in [2.75, 3.05) is 5.75 Å². The van der Waals surface area contributed by atoms with Crippen molar-refractivity contribution < 1.29 is 8.42 Å². The van der Waals surface area contributed by atoms with Gasteiger partial charge in [-0.05, 0) is 25.0 Å². The van der Waals surface area contributed by atoms with Crippen LogP contribution >= 0.6 is 0 Å². The molecule has 0 heterocycles. The van der Waals surface area contributed by atoms with E-state index in [9.17, 15) is 8.42 Å². The van der Waals surface area contributed by atoms with Crippen LogP contribution in [0.3, 0.4) is 0 Å². The van der Waals surface area contributed by atoms with Crippen LogP contribution in [0.15, 0.2) is 60.0 Å². The molecule has 2 nitrogen and oxygen atoms in total. The Kier molecular flexibility index (Phi) is 4.99. The van der Waals surface area contributed by atoms with E-state index in [1.54, 1.807) is 30.3 Å². The summed E-state index contributed by atoms with van der Waals surface area (Å²) in [5.41, 5.74) is 0. The third kappa shape index (κ3) is 4.03. The molecule has 0 unspecified atom stereocenters. The summed E-state index contributed by atoms with van der Waals surface area (Å²) in [5.74, 6) is 0.193. The highest BCUT2D eigenvalue weighted by molar-refractivity contribution is 7.91. The largest absolute Gasteiger partial charge is 0.224 e. The van der Waals surface area contributed by atoms with Gasteiger partial charge in [0.05, 0.1) is 10.6 Å². The van der Waals surface area contributed by atoms with Crippen LogP contribution in [-0.2, 0) is 9.84 Å². The maximum Gasteiger partial charge on any atom is 0.178 e. The van der Waals surface area contributed by atoms with Crippen molar-refractivity contribution >= 4 is 9.84 Å². The van der Waals surface area contributed by atoms with Crippen molar-refractivity contribution in [3.63, 3.8) is 0 Å². The first kappa shape index (κ1) is 12.7. The maximum absolute atomic E-state index is 11.8. The third-order valence-electron chi connectivity index (χ3n) is 2.16. The molecule has 16 heavy (non-hydrogen) atoms. The second kappa shape index (κ2) is 6.28. The zero-order valence-corrected chi connectivity index (χ0v) is 9.99. The van der Waals surface area contributed by atoms with E-state index in [0.717, 1.165) is 6.42 Å². The normalized spacial score (nSPS) is 11.8. The molecule has 3 heteroatoms. The molecule has 1 aromatic rings. The van der Waals surface area contributed by atoms with Gasteiger partial charge in [0.2, 0.25) is 0 Å². The zero-order valence-electron chi connectivity index (χ0n) is 9.17. The molecule has 1 aromatic carbocycles. The molecule has 0 atom stereocenters. The first-order chi connectivity index (χ1) is 7.67. The van der Waals surface area contributed by atoms with Crippen LogP contribution in [0.5, 0.6) is 0 Å². The summed E-state index contributed by atoms with van der Waals surface area (Å²) in [6, 6.07) is 8.56. The Bertz CT molecular complexity index is 444. The molecule has 0 N–H and O–H groups in total. The second-order valence-corrected chi connectivity index (χ2v) is 5.55. The van der Waals surface area contributed by atoms with Crippen LogP contribution < -0.4 is 0 Å². The van der Waals surface area contributed by atoms with E-state index in [-0.39, 0.29) is 5.75 Å². The van der Waals surface area contributed by atoms with Crippen molar-refractivity contribution in [2.45, 2.75) is 17.7 Å². The van der Waals surface area contributed by atoms with Crippen LogP contribution in [0, 0.1) is 0 Å². The molecule has 0 aliphatic carbocycles. The van der Waals surface area contributed by atoms with E-state index in [2.05, 4.69) is 6.58 Å². The number of hydrogen-bond donors (Lipinski definition) is 0. The second-order valence-electron chi connectivity index (χ2n) is 3.44. The van der Waals surface area contributed by atoms with Gasteiger partial charge in [-0.1, -0.05) is 43.0 Å². The van der Waals surface area contributed by atoms with Crippen molar-refractivity contribution in [2.24, 2.45) is 0 Å². The van der Waals surface area contributed by atoms with Gasteiger partial charge >= 0.3 is 0 Å². The fraction of sp³-hybridized carbons (Fsp3) is 0.231. The first-order valence-electron chi connectivity index (χ1n) is 5.22. The summed E-state index contributed by atoms with van der Waals surface area (Å²) in [4.78, 5) is 0.405. The van der Waals surface area contributed by atoms with E-state index in [1.165, 1.54) is 0 Å². The molecule has 0 aliphatic rings. The highest BCUT2D eigenvalue weighted by Gasteiger charge is 2.12. The predicted molar refractivity (Wildman–Crippen MR) is 67.1 cm³/mol. The molecule has 0 fully saturated rings. The summed E-state index contributed by atoms with van der Waals surface area (Å²) < 4.78 is 23.6. The van der Waals surface area contributed by atoms with Gasteiger partial charge in [0.1, 0.15) is 0 Å². The minimum atomic E-state index is -3.11. The van der Waals surface area contributed by atoms with Gasteiger partial charge in [-0.15, -0.1) is 0 Å². The number of unbranched alkanes of at least 4 members (excludes halogenated alkanes) is 1. The Hall–Kier alpha value is -1.35. The molecule has 0 radical (unpaired) electrons. The lowest BCUT2D eigenvalue weighted by atomic mass is 10.3. The summed E-state index contributed by atoms with van der Waals surface area (Å²) in [7, 11) is -3.11. The van der Waals surface area contributed by atoms with Crippen LogP contribution in [0.2, 0.25) is 0 Å². The molecular formula is C13H16O2S. The smallest absolute Gasteiger partial charge is 0.178 e. The molecule has 86 valence electrons. The fourth-order valence-corrected chi connectivity index (χ4v) is 2.68.